The summed E-state index contributed by atoms with van der Waals surface area (Å²) in [5.74, 6) is -0.494. The molecule has 0 aromatic carbocycles. The van der Waals surface area contributed by atoms with Crippen LogP contribution >= 0.6 is 0 Å². The van der Waals surface area contributed by atoms with Crippen LogP contribution in [0, 0.1) is 0 Å². The smallest absolute Gasteiger partial charge is 0.306 e. The van der Waals surface area contributed by atoms with Crippen molar-refractivity contribution in [2.75, 3.05) is 6.61 Å². The summed E-state index contributed by atoms with van der Waals surface area (Å²) in [6.07, 6.45) is 51.1. The van der Waals surface area contributed by atoms with Crippen molar-refractivity contribution in [3.05, 3.63) is 24.3 Å². The molecule has 0 fully saturated rings. The fraction of sp³-hybridized carbons (Fsp3) is 0.882. The fourth-order valence-corrected chi connectivity index (χ4v) is 7.66. The first-order valence-electron chi connectivity index (χ1n) is 25.1. The number of carbonyl (C=O) groups excluding carboxylic acids is 2. The molecule has 0 aromatic heterocycles. The summed E-state index contributed by atoms with van der Waals surface area (Å²) in [6, 6.07) is -0.702. The molecule has 0 aliphatic heterocycles. The number of esters is 1. The number of allylic oxidation sites excluding steroid dienone is 4. The molecule has 336 valence electrons. The van der Waals surface area contributed by atoms with Gasteiger partial charge in [-0.25, -0.2) is 0 Å². The van der Waals surface area contributed by atoms with Crippen LogP contribution in [-0.4, -0.2) is 46.9 Å². The molecule has 0 spiro atoms. The van der Waals surface area contributed by atoms with Crippen LogP contribution in [0.25, 0.3) is 0 Å². The molecule has 0 bridgehead atoms. The summed E-state index contributed by atoms with van der Waals surface area (Å²) in [5, 5.41) is 23.7. The zero-order valence-electron chi connectivity index (χ0n) is 38.2. The Balaban J connectivity index is 4.42. The molecule has 3 atom stereocenters. The third-order valence-electron chi connectivity index (χ3n) is 11.5. The van der Waals surface area contributed by atoms with Crippen molar-refractivity contribution in [2.45, 2.75) is 283 Å². The number of hydrogen-bond donors (Lipinski definition) is 3. The number of hydrogen-bond acceptors (Lipinski definition) is 5. The zero-order chi connectivity index (χ0) is 41.7. The van der Waals surface area contributed by atoms with Crippen LogP contribution in [0.1, 0.15) is 265 Å². The van der Waals surface area contributed by atoms with Gasteiger partial charge in [0, 0.05) is 6.42 Å². The second-order valence-corrected chi connectivity index (χ2v) is 17.2. The van der Waals surface area contributed by atoms with Crippen molar-refractivity contribution in [1.82, 2.24) is 5.32 Å². The van der Waals surface area contributed by atoms with Gasteiger partial charge in [0.25, 0.3) is 0 Å². The maximum absolute atomic E-state index is 13.1. The number of ether oxygens (including phenoxy) is 1. The van der Waals surface area contributed by atoms with Gasteiger partial charge in [-0.15, -0.1) is 0 Å². The predicted octanol–water partition coefficient (Wildman–Crippen LogP) is 14.7. The van der Waals surface area contributed by atoms with E-state index in [4.69, 9.17) is 4.74 Å². The molecule has 0 saturated heterocycles. The van der Waals surface area contributed by atoms with Gasteiger partial charge in [-0.05, 0) is 70.6 Å². The van der Waals surface area contributed by atoms with E-state index in [-0.39, 0.29) is 24.9 Å². The highest BCUT2D eigenvalue weighted by atomic mass is 16.5. The number of aliphatic hydroxyl groups is 2. The lowest BCUT2D eigenvalue weighted by Gasteiger charge is -2.24. The highest BCUT2D eigenvalue weighted by molar-refractivity contribution is 5.77. The van der Waals surface area contributed by atoms with Gasteiger partial charge in [0.15, 0.2) is 0 Å². The van der Waals surface area contributed by atoms with Crippen molar-refractivity contribution in [1.29, 1.82) is 0 Å². The van der Waals surface area contributed by atoms with E-state index in [1.54, 1.807) is 0 Å². The quantitative estimate of drug-likeness (QED) is 0.0324. The van der Waals surface area contributed by atoms with Crippen molar-refractivity contribution >= 4 is 11.9 Å². The minimum atomic E-state index is -0.788. The van der Waals surface area contributed by atoms with Crippen LogP contribution in [0.15, 0.2) is 24.3 Å². The van der Waals surface area contributed by atoms with Gasteiger partial charge in [0.1, 0.15) is 6.10 Å². The SMILES string of the molecule is CCC/C=C\CCCCCC(CC(=O)NC(CO)C(O)CCCCCCCCCCCCCCCC)OC(=O)CCCCCCC/C=C/CCCCCCCCC. The number of unbranched alkanes of at least 4 members (excludes halogenated alkanes) is 29. The Bertz CT molecular complexity index is 904. The van der Waals surface area contributed by atoms with Gasteiger partial charge in [-0.2, -0.15) is 0 Å². The molecule has 0 aliphatic rings. The molecule has 0 heterocycles. The molecule has 3 N–H and O–H groups in total. The van der Waals surface area contributed by atoms with E-state index in [1.807, 2.05) is 0 Å². The van der Waals surface area contributed by atoms with Crippen LogP contribution in [-0.2, 0) is 14.3 Å². The molecular formula is C51H97NO5. The molecule has 0 aromatic rings. The van der Waals surface area contributed by atoms with E-state index in [9.17, 15) is 19.8 Å². The summed E-state index contributed by atoms with van der Waals surface area (Å²) in [7, 11) is 0. The van der Waals surface area contributed by atoms with Crippen molar-refractivity contribution in [3.8, 4) is 0 Å². The molecule has 1 amide bonds. The summed E-state index contributed by atoms with van der Waals surface area (Å²) in [4.78, 5) is 26.0. The number of nitrogens with one attached hydrogen (secondary N) is 1. The van der Waals surface area contributed by atoms with E-state index in [0.29, 0.717) is 19.3 Å². The maximum Gasteiger partial charge on any atom is 0.306 e. The standard InChI is InChI=1S/C51H97NO5/c1-4-7-10-13-16-19-21-23-25-26-28-30-32-35-38-41-44-51(56)57-47(42-39-36-33-18-15-12-9-6-3)45-50(55)52-48(46-53)49(54)43-40-37-34-31-29-27-24-22-20-17-14-11-8-5-2/h12,15,25-26,47-49,53-54H,4-11,13-14,16-24,27-46H2,1-3H3,(H,52,55)/b15-12-,26-25+. The molecule has 6 nitrogen and oxygen atoms in total. The van der Waals surface area contributed by atoms with Crippen molar-refractivity contribution in [2.24, 2.45) is 0 Å². The number of rotatable bonds is 45. The molecule has 6 heteroatoms. The summed E-state index contributed by atoms with van der Waals surface area (Å²) < 4.78 is 5.89. The Morgan fingerprint density at radius 3 is 1.33 bits per heavy atom. The monoisotopic (exact) mass is 804 g/mol. The highest BCUT2D eigenvalue weighted by Crippen LogP contribution is 2.17. The van der Waals surface area contributed by atoms with Crippen LogP contribution in [0.2, 0.25) is 0 Å². The molecule has 57 heavy (non-hydrogen) atoms. The number of carbonyl (C=O) groups is 2. The average molecular weight is 804 g/mol. The van der Waals surface area contributed by atoms with Gasteiger partial charge in [-0.3, -0.25) is 9.59 Å². The molecule has 0 rings (SSSR count). The van der Waals surface area contributed by atoms with Gasteiger partial charge >= 0.3 is 5.97 Å². The Kier molecular flexibility index (Phi) is 44.1. The first kappa shape index (κ1) is 55.3. The predicted molar refractivity (Wildman–Crippen MR) is 246 cm³/mol. The first-order valence-corrected chi connectivity index (χ1v) is 25.1. The Hall–Kier alpha value is -1.66. The van der Waals surface area contributed by atoms with Crippen molar-refractivity contribution in [3.63, 3.8) is 0 Å². The molecule has 0 saturated carbocycles. The Labute approximate surface area is 354 Å². The van der Waals surface area contributed by atoms with Crippen LogP contribution < -0.4 is 5.32 Å². The molecule has 0 aliphatic carbocycles. The second kappa shape index (κ2) is 45.4. The second-order valence-electron chi connectivity index (χ2n) is 17.2. The highest BCUT2D eigenvalue weighted by Gasteiger charge is 2.24. The fourth-order valence-electron chi connectivity index (χ4n) is 7.66. The maximum atomic E-state index is 13.1. The summed E-state index contributed by atoms with van der Waals surface area (Å²) in [6.45, 7) is 6.41. The largest absolute Gasteiger partial charge is 0.462 e. The van der Waals surface area contributed by atoms with E-state index < -0.39 is 18.2 Å². The third kappa shape index (κ3) is 40.9. The molecular weight excluding hydrogens is 707 g/mol. The van der Waals surface area contributed by atoms with Gasteiger partial charge in [0.05, 0.1) is 25.2 Å². The first-order chi connectivity index (χ1) is 28.0. The van der Waals surface area contributed by atoms with E-state index >= 15 is 0 Å². The van der Waals surface area contributed by atoms with Crippen LogP contribution in [0.4, 0.5) is 0 Å². The molecule has 3 unspecified atom stereocenters. The summed E-state index contributed by atoms with van der Waals surface area (Å²) in [5.41, 5.74) is 0. The van der Waals surface area contributed by atoms with Gasteiger partial charge in [0.2, 0.25) is 5.91 Å². The topological polar surface area (TPSA) is 95.9 Å². The van der Waals surface area contributed by atoms with Crippen LogP contribution in [0.5, 0.6) is 0 Å². The lowest BCUT2D eigenvalue weighted by molar-refractivity contribution is -0.151. The zero-order valence-corrected chi connectivity index (χ0v) is 38.2. The Morgan fingerprint density at radius 1 is 0.491 bits per heavy atom. The van der Waals surface area contributed by atoms with E-state index in [2.05, 4.69) is 50.4 Å². The van der Waals surface area contributed by atoms with Crippen molar-refractivity contribution < 1.29 is 24.5 Å². The van der Waals surface area contributed by atoms with E-state index in [1.165, 1.54) is 141 Å². The minimum absolute atomic E-state index is 0.0662. The lowest BCUT2D eigenvalue weighted by Crippen LogP contribution is -2.46. The average Bonchev–Trinajstić information content (AvgIpc) is 3.20. The molecule has 0 radical (unpaired) electrons. The minimum Gasteiger partial charge on any atom is -0.462 e. The Morgan fingerprint density at radius 2 is 0.877 bits per heavy atom. The normalized spacial score (nSPS) is 13.4. The summed E-state index contributed by atoms with van der Waals surface area (Å²) >= 11 is 0. The number of aliphatic hydroxyl groups excluding tert-OH is 2. The van der Waals surface area contributed by atoms with Crippen LogP contribution in [0.3, 0.4) is 0 Å². The number of amides is 1. The van der Waals surface area contributed by atoms with Gasteiger partial charge < -0.3 is 20.3 Å². The lowest BCUT2D eigenvalue weighted by atomic mass is 10.0. The van der Waals surface area contributed by atoms with Gasteiger partial charge in [-0.1, -0.05) is 206 Å². The third-order valence-corrected chi connectivity index (χ3v) is 11.5. The van der Waals surface area contributed by atoms with E-state index in [0.717, 1.165) is 77.0 Å².